The van der Waals surface area contributed by atoms with E-state index in [9.17, 15) is 22.0 Å². The van der Waals surface area contributed by atoms with E-state index in [2.05, 4.69) is 9.72 Å². The second-order valence-electron chi connectivity index (χ2n) is 10.2. The molecule has 1 aliphatic carbocycles. The summed E-state index contributed by atoms with van der Waals surface area (Å²) in [7, 11) is -3.96. The fourth-order valence-electron chi connectivity index (χ4n) is 4.82. The molecule has 0 spiro atoms. The van der Waals surface area contributed by atoms with E-state index in [0.717, 1.165) is 17.1 Å². The average Bonchev–Trinajstić information content (AvgIpc) is 3.65. The first-order chi connectivity index (χ1) is 20.1. The number of benzene rings is 2. The number of ether oxygens (including phenoxy) is 3. The second kappa shape index (κ2) is 13.1. The highest BCUT2D eigenvalue weighted by molar-refractivity contribution is 7.89. The number of esters is 1. The van der Waals surface area contributed by atoms with Gasteiger partial charge >= 0.3 is 12.6 Å². The van der Waals surface area contributed by atoms with Crippen molar-refractivity contribution in [2.75, 3.05) is 13.2 Å². The van der Waals surface area contributed by atoms with E-state index < -0.39 is 34.7 Å². The van der Waals surface area contributed by atoms with Gasteiger partial charge in [0.1, 0.15) is 22.2 Å². The first kappa shape index (κ1) is 30.5. The molecular formula is C29H29Cl2F2N2O6S+. The van der Waals surface area contributed by atoms with Crippen LogP contribution in [-0.2, 0) is 26.0 Å². The molecule has 0 amide bonds. The Kier molecular flexibility index (Phi) is 9.51. The molecule has 2 heterocycles. The molecule has 2 aliphatic rings. The number of carbonyl (C=O) groups is 1. The molecule has 2 fully saturated rings. The minimum Gasteiger partial charge on any atom is -0.489 e. The highest BCUT2D eigenvalue weighted by Crippen LogP contribution is 2.38. The summed E-state index contributed by atoms with van der Waals surface area (Å²) >= 11 is 12.8. The van der Waals surface area contributed by atoms with Crippen molar-refractivity contribution in [1.82, 2.24) is 4.31 Å². The van der Waals surface area contributed by atoms with E-state index in [0.29, 0.717) is 40.1 Å². The highest BCUT2D eigenvalue weighted by Gasteiger charge is 2.41. The molecule has 3 aromatic rings. The number of H-pyrrole nitrogens is 1. The lowest BCUT2D eigenvalue weighted by Gasteiger charge is -2.26. The Morgan fingerprint density at radius 2 is 1.74 bits per heavy atom. The minimum absolute atomic E-state index is 0.0212. The number of aromatic amines is 1. The van der Waals surface area contributed by atoms with Crippen LogP contribution in [0.2, 0.25) is 10.0 Å². The maximum Gasteiger partial charge on any atom is 0.387 e. The summed E-state index contributed by atoms with van der Waals surface area (Å²) in [6.45, 7) is -2.58. The number of carbonyl (C=O) groups excluding carboxylic acids is 1. The molecule has 0 radical (unpaired) electrons. The number of pyridine rings is 1. The molecule has 8 nitrogen and oxygen atoms in total. The first-order valence-electron chi connectivity index (χ1n) is 13.5. The summed E-state index contributed by atoms with van der Waals surface area (Å²) in [6.07, 6.45) is 4.77. The van der Waals surface area contributed by atoms with E-state index in [1.807, 2.05) is 0 Å². The molecule has 1 aliphatic heterocycles. The predicted molar refractivity (Wildman–Crippen MR) is 150 cm³/mol. The van der Waals surface area contributed by atoms with Crippen molar-refractivity contribution in [2.45, 2.75) is 55.8 Å². The van der Waals surface area contributed by atoms with Gasteiger partial charge in [0, 0.05) is 18.5 Å². The number of sulfonamides is 1. The molecule has 0 unspecified atom stereocenters. The van der Waals surface area contributed by atoms with Gasteiger partial charge in [-0.2, -0.15) is 13.1 Å². The van der Waals surface area contributed by atoms with Crippen LogP contribution in [0.1, 0.15) is 42.9 Å². The Morgan fingerprint density at radius 3 is 2.40 bits per heavy atom. The van der Waals surface area contributed by atoms with Crippen molar-refractivity contribution in [3.63, 3.8) is 0 Å². The summed E-state index contributed by atoms with van der Waals surface area (Å²) in [5.41, 5.74) is 0.884. The van der Waals surface area contributed by atoms with Crippen LogP contribution in [0.15, 0.2) is 65.8 Å². The lowest BCUT2D eigenvalue weighted by Crippen LogP contribution is -2.41. The molecule has 1 saturated carbocycles. The van der Waals surface area contributed by atoms with E-state index in [1.54, 1.807) is 18.2 Å². The van der Waals surface area contributed by atoms with Gasteiger partial charge in [-0.25, -0.2) is 13.4 Å². The van der Waals surface area contributed by atoms with Gasteiger partial charge < -0.3 is 14.2 Å². The van der Waals surface area contributed by atoms with Gasteiger partial charge in [-0.05, 0) is 61.4 Å². The summed E-state index contributed by atoms with van der Waals surface area (Å²) in [5, 5.41) is 0.584. The van der Waals surface area contributed by atoms with Crippen LogP contribution < -0.4 is 14.5 Å². The van der Waals surface area contributed by atoms with Crippen LogP contribution in [0, 0.1) is 5.92 Å². The number of nitrogens with zero attached hydrogens (tertiary/aromatic N) is 1. The third kappa shape index (κ3) is 7.14. The fourth-order valence-corrected chi connectivity index (χ4v) is 7.02. The zero-order valence-electron chi connectivity index (χ0n) is 22.3. The Labute approximate surface area is 252 Å². The minimum atomic E-state index is -3.96. The predicted octanol–water partition coefficient (Wildman–Crippen LogP) is 5.88. The molecule has 1 saturated heterocycles. The van der Waals surface area contributed by atoms with E-state index in [1.165, 1.54) is 42.7 Å². The maximum absolute atomic E-state index is 13.6. The second-order valence-corrected chi connectivity index (χ2v) is 12.9. The third-order valence-corrected chi connectivity index (χ3v) is 9.79. The quantitative estimate of drug-likeness (QED) is 0.229. The Morgan fingerprint density at radius 1 is 1.02 bits per heavy atom. The number of hydrogen-bond donors (Lipinski definition) is 0. The van der Waals surface area contributed by atoms with Crippen LogP contribution in [-0.4, -0.2) is 44.5 Å². The topological polar surface area (TPSA) is 96.3 Å². The first-order valence-corrected chi connectivity index (χ1v) is 15.7. The number of alkyl halides is 2. The molecule has 224 valence electrons. The lowest BCUT2D eigenvalue weighted by molar-refractivity contribution is -0.377. The van der Waals surface area contributed by atoms with Gasteiger partial charge in [0.25, 0.3) is 0 Å². The van der Waals surface area contributed by atoms with E-state index in [-0.39, 0.29) is 35.8 Å². The Bertz CT molecular complexity index is 1510. The average molecular weight is 643 g/mol. The normalized spacial score (nSPS) is 18.2. The molecule has 2 aromatic carbocycles. The van der Waals surface area contributed by atoms with Crippen LogP contribution in [0.5, 0.6) is 11.5 Å². The number of nitrogens with one attached hydrogen (secondary N) is 1. The van der Waals surface area contributed by atoms with Crippen molar-refractivity contribution in [3.8, 4) is 11.5 Å². The van der Waals surface area contributed by atoms with Crippen LogP contribution in [0.4, 0.5) is 8.78 Å². The molecule has 0 bridgehead atoms. The zero-order chi connectivity index (χ0) is 29.9. The van der Waals surface area contributed by atoms with E-state index in [4.69, 9.17) is 32.7 Å². The standard InChI is InChI=1S/C29H28Cl2F2N2O6S/c30-22-15-34-16-23(31)21(22)14-26(19-10-11-25(41-29(32)33)27(13-19)39-17-18-8-9-18)40-28(36)24-7-4-12-35(24)42(37,38)20-5-2-1-3-6-20/h1-3,5-6,10-11,13,15-16,18,24,26,29H,4,7-9,12,14,17H2/p+1/t24-,26-/m0/s1. The van der Waals surface area contributed by atoms with Crippen LogP contribution in [0.3, 0.4) is 0 Å². The molecule has 42 heavy (non-hydrogen) atoms. The number of halogens is 4. The molecule has 5 rings (SSSR count). The number of hydrogen-bond acceptors (Lipinski definition) is 6. The van der Waals surface area contributed by atoms with Crippen molar-refractivity contribution in [3.05, 3.63) is 82.1 Å². The molecule has 1 N–H and O–H groups in total. The summed E-state index contributed by atoms with van der Waals surface area (Å²) in [6, 6.07) is 11.1. The van der Waals surface area contributed by atoms with Gasteiger partial charge in [-0.1, -0.05) is 47.5 Å². The van der Waals surface area contributed by atoms with Gasteiger partial charge in [-0.15, -0.1) is 0 Å². The number of aromatic nitrogens is 1. The smallest absolute Gasteiger partial charge is 0.387 e. The van der Waals surface area contributed by atoms with Gasteiger partial charge in [-0.3, -0.25) is 4.79 Å². The van der Waals surface area contributed by atoms with Crippen molar-refractivity contribution in [1.29, 1.82) is 0 Å². The molecule has 2 atom stereocenters. The summed E-state index contributed by atoms with van der Waals surface area (Å²) in [5.74, 6) is -0.492. The zero-order valence-corrected chi connectivity index (χ0v) is 24.7. The van der Waals surface area contributed by atoms with Crippen LogP contribution >= 0.6 is 23.2 Å². The highest BCUT2D eigenvalue weighted by atomic mass is 35.5. The monoisotopic (exact) mass is 641 g/mol. The number of rotatable bonds is 12. The van der Waals surface area contributed by atoms with Crippen molar-refractivity contribution in [2.24, 2.45) is 5.92 Å². The summed E-state index contributed by atoms with van der Waals surface area (Å²) < 4.78 is 70.6. The maximum atomic E-state index is 13.6. The molecule has 13 heteroatoms. The fraction of sp³-hybridized carbons (Fsp3) is 0.379. The Balaban J connectivity index is 1.46. The SMILES string of the molecule is O=C(O[C@@H](Cc1c(Cl)c[nH+]cc1Cl)c1ccc(OC(F)F)c(OCC2CC2)c1)[C@@H]1CCCN1S(=O)(=O)c1ccccc1. The summed E-state index contributed by atoms with van der Waals surface area (Å²) in [4.78, 5) is 16.5. The van der Waals surface area contributed by atoms with Gasteiger partial charge in [0.2, 0.25) is 10.0 Å². The third-order valence-electron chi connectivity index (χ3n) is 7.20. The van der Waals surface area contributed by atoms with Crippen LogP contribution in [0.25, 0.3) is 0 Å². The largest absolute Gasteiger partial charge is 0.489 e. The molecular weight excluding hydrogens is 613 g/mol. The van der Waals surface area contributed by atoms with Gasteiger partial charge in [0.05, 0.1) is 11.5 Å². The lowest BCUT2D eigenvalue weighted by atomic mass is 10.0. The van der Waals surface area contributed by atoms with Gasteiger partial charge in [0.15, 0.2) is 23.9 Å². The van der Waals surface area contributed by atoms with Crippen molar-refractivity contribution < 1.29 is 41.2 Å². The molecule has 1 aromatic heterocycles. The van der Waals surface area contributed by atoms with E-state index >= 15 is 0 Å². The Hall–Kier alpha value is -2.99. The van der Waals surface area contributed by atoms with Crippen molar-refractivity contribution >= 4 is 39.2 Å².